The number of aryl methyl sites for hydroxylation is 1. The van der Waals surface area contributed by atoms with Crippen LogP contribution in [0.5, 0.6) is 0 Å². The second kappa shape index (κ2) is 6.70. The predicted molar refractivity (Wildman–Crippen MR) is 83.9 cm³/mol. The number of carbonyl (C=O) groups is 1. The zero-order valence-corrected chi connectivity index (χ0v) is 13.4. The molecule has 1 heterocycles. The Morgan fingerprint density at radius 2 is 1.95 bits per heavy atom. The molecule has 0 saturated carbocycles. The fourth-order valence-electron chi connectivity index (χ4n) is 2.36. The predicted octanol–water partition coefficient (Wildman–Crippen LogP) is 1.92. The van der Waals surface area contributed by atoms with E-state index >= 15 is 0 Å². The third-order valence-corrected chi connectivity index (χ3v) is 3.62. The first-order chi connectivity index (χ1) is 10.5. The number of rotatable bonds is 5. The smallest absolute Gasteiger partial charge is 0.257 e. The maximum Gasteiger partial charge on any atom is 0.257 e. The summed E-state index contributed by atoms with van der Waals surface area (Å²) < 4.78 is 14.7. The van der Waals surface area contributed by atoms with E-state index in [2.05, 4.69) is 10.4 Å². The minimum absolute atomic E-state index is 0.0568. The quantitative estimate of drug-likeness (QED) is 0.918. The van der Waals surface area contributed by atoms with Gasteiger partial charge in [-0.05, 0) is 45.2 Å². The number of hydrogen-bond donors (Lipinski definition) is 1. The van der Waals surface area contributed by atoms with Gasteiger partial charge in [-0.1, -0.05) is 0 Å². The minimum atomic E-state index is -0.298. The van der Waals surface area contributed by atoms with Crippen molar-refractivity contribution in [3.63, 3.8) is 0 Å². The molecule has 1 aromatic heterocycles. The fourth-order valence-corrected chi connectivity index (χ4v) is 2.36. The molecule has 0 aliphatic heterocycles. The van der Waals surface area contributed by atoms with Crippen molar-refractivity contribution in [1.29, 1.82) is 0 Å². The Morgan fingerprint density at radius 1 is 1.32 bits per heavy atom. The van der Waals surface area contributed by atoms with Crippen LogP contribution in [0.15, 0.2) is 24.3 Å². The first-order valence-corrected chi connectivity index (χ1v) is 7.18. The zero-order chi connectivity index (χ0) is 16.3. The Bertz CT molecular complexity index is 664. The summed E-state index contributed by atoms with van der Waals surface area (Å²) in [6, 6.07) is 6.06. The van der Waals surface area contributed by atoms with E-state index in [4.69, 9.17) is 0 Å². The van der Waals surface area contributed by atoms with Crippen molar-refractivity contribution in [3.8, 4) is 5.69 Å². The Kier molecular flexibility index (Phi) is 4.92. The van der Waals surface area contributed by atoms with Crippen LogP contribution in [0.4, 0.5) is 4.39 Å². The number of nitrogens with one attached hydrogen (secondary N) is 1. The van der Waals surface area contributed by atoms with E-state index in [1.165, 1.54) is 12.1 Å². The highest BCUT2D eigenvalue weighted by Gasteiger charge is 2.22. The molecule has 118 valence electrons. The molecule has 0 radical (unpaired) electrons. The van der Waals surface area contributed by atoms with E-state index < -0.39 is 0 Å². The van der Waals surface area contributed by atoms with Crippen LogP contribution in [0.3, 0.4) is 0 Å². The summed E-state index contributed by atoms with van der Waals surface area (Å²) >= 11 is 0. The molecule has 6 heteroatoms. The number of hydrogen-bond acceptors (Lipinski definition) is 3. The summed E-state index contributed by atoms with van der Waals surface area (Å²) in [6.45, 7) is 5.01. The molecule has 0 saturated heterocycles. The highest BCUT2D eigenvalue weighted by atomic mass is 19.1. The maximum atomic E-state index is 13.0. The number of aromatic nitrogens is 2. The zero-order valence-electron chi connectivity index (χ0n) is 13.4. The van der Waals surface area contributed by atoms with E-state index in [0.717, 1.165) is 17.9 Å². The van der Waals surface area contributed by atoms with Crippen molar-refractivity contribution >= 4 is 5.91 Å². The van der Waals surface area contributed by atoms with Gasteiger partial charge in [-0.3, -0.25) is 4.79 Å². The van der Waals surface area contributed by atoms with Crippen LogP contribution < -0.4 is 5.32 Å². The molecule has 1 N–H and O–H groups in total. The third-order valence-electron chi connectivity index (χ3n) is 3.62. The standard InChI is InChI=1S/C16H21FN4O/c1-11-15(16(22)20(4)10-9-18-3)12(2)21(19-11)14-7-5-13(17)6-8-14/h5-8,18H,9-10H2,1-4H3. The van der Waals surface area contributed by atoms with Gasteiger partial charge in [-0.25, -0.2) is 9.07 Å². The summed E-state index contributed by atoms with van der Waals surface area (Å²) in [5.41, 5.74) is 2.76. The molecule has 0 atom stereocenters. The van der Waals surface area contributed by atoms with Crippen LogP contribution in [-0.4, -0.2) is 47.8 Å². The summed E-state index contributed by atoms with van der Waals surface area (Å²) in [7, 11) is 3.62. The molecule has 0 spiro atoms. The molecule has 0 bridgehead atoms. The molecule has 1 amide bonds. The molecule has 0 fully saturated rings. The Hall–Kier alpha value is -2.21. The van der Waals surface area contributed by atoms with Crippen molar-refractivity contribution in [2.75, 3.05) is 27.2 Å². The number of carbonyl (C=O) groups excluding carboxylic acids is 1. The molecule has 0 unspecified atom stereocenters. The van der Waals surface area contributed by atoms with Gasteiger partial charge in [0.1, 0.15) is 5.82 Å². The SMILES string of the molecule is CNCCN(C)C(=O)c1c(C)nn(-c2ccc(F)cc2)c1C. The van der Waals surface area contributed by atoms with Gasteiger partial charge >= 0.3 is 0 Å². The normalized spacial score (nSPS) is 10.8. The Morgan fingerprint density at radius 3 is 2.55 bits per heavy atom. The lowest BCUT2D eigenvalue weighted by Gasteiger charge is -2.17. The van der Waals surface area contributed by atoms with Crippen molar-refractivity contribution in [1.82, 2.24) is 20.0 Å². The summed E-state index contributed by atoms with van der Waals surface area (Å²) in [6.07, 6.45) is 0. The molecule has 5 nitrogen and oxygen atoms in total. The molecular formula is C16H21FN4O. The minimum Gasteiger partial charge on any atom is -0.340 e. The van der Waals surface area contributed by atoms with E-state index in [0.29, 0.717) is 17.8 Å². The molecule has 2 aromatic rings. The lowest BCUT2D eigenvalue weighted by Crippen LogP contribution is -2.33. The molecule has 1 aromatic carbocycles. The average molecular weight is 304 g/mol. The lowest BCUT2D eigenvalue weighted by molar-refractivity contribution is 0.0795. The molecule has 2 rings (SSSR count). The van der Waals surface area contributed by atoms with Crippen LogP contribution in [0.25, 0.3) is 5.69 Å². The lowest BCUT2D eigenvalue weighted by atomic mass is 10.1. The second-order valence-electron chi connectivity index (χ2n) is 5.26. The Labute approximate surface area is 129 Å². The number of likely N-dealkylation sites (N-methyl/N-ethyl adjacent to an activating group) is 2. The van der Waals surface area contributed by atoms with Gasteiger partial charge in [-0.2, -0.15) is 5.10 Å². The van der Waals surface area contributed by atoms with E-state index in [1.807, 2.05) is 20.9 Å². The van der Waals surface area contributed by atoms with E-state index in [1.54, 1.807) is 28.8 Å². The number of nitrogens with zero attached hydrogens (tertiary/aromatic N) is 3. The van der Waals surface area contributed by atoms with Gasteiger partial charge in [-0.15, -0.1) is 0 Å². The van der Waals surface area contributed by atoms with Crippen molar-refractivity contribution in [2.45, 2.75) is 13.8 Å². The number of amides is 1. The average Bonchev–Trinajstić information content (AvgIpc) is 2.79. The largest absolute Gasteiger partial charge is 0.340 e. The van der Waals surface area contributed by atoms with Gasteiger partial charge in [0.15, 0.2) is 0 Å². The first-order valence-electron chi connectivity index (χ1n) is 7.18. The van der Waals surface area contributed by atoms with Crippen LogP contribution >= 0.6 is 0 Å². The van der Waals surface area contributed by atoms with E-state index in [-0.39, 0.29) is 11.7 Å². The van der Waals surface area contributed by atoms with Crippen molar-refractivity contribution < 1.29 is 9.18 Å². The van der Waals surface area contributed by atoms with Gasteiger partial charge in [0.2, 0.25) is 0 Å². The van der Waals surface area contributed by atoms with Crippen molar-refractivity contribution in [3.05, 3.63) is 47.0 Å². The Balaban J connectivity index is 2.34. The molecular weight excluding hydrogens is 283 g/mol. The first kappa shape index (κ1) is 16.2. The van der Waals surface area contributed by atoms with Gasteiger partial charge < -0.3 is 10.2 Å². The van der Waals surface area contributed by atoms with E-state index in [9.17, 15) is 9.18 Å². The molecule has 0 aliphatic carbocycles. The van der Waals surface area contributed by atoms with Crippen LogP contribution in [0.1, 0.15) is 21.7 Å². The monoisotopic (exact) mass is 304 g/mol. The maximum absolute atomic E-state index is 13.0. The van der Waals surface area contributed by atoms with Gasteiger partial charge in [0.25, 0.3) is 5.91 Å². The van der Waals surface area contributed by atoms with Crippen LogP contribution in [0, 0.1) is 19.7 Å². The highest BCUT2D eigenvalue weighted by molar-refractivity contribution is 5.96. The second-order valence-corrected chi connectivity index (χ2v) is 5.26. The number of benzene rings is 1. The third kappa shape index (κ3) is 3.17. The van der Waals surface area contributed by atoms with Gasteiger partial charge in [0.05, 0.1) is 22.6 Å². The summed E-state index contributed by atoms with van der Waals surface area (Å²) in [5.74, 6) is -0.355. The molecule has 0 aliphatic rings. The van der Waals surface area contributed by atoms with Gasteiger partial charge in [0, 0.05) is 20.1 Å². The summed E-state index contributed by atoms with van der Waals surface area (Å²) in [5, 5.41) is 7.45. The van der Waals surface area contributed by atoms with Crippen molar-refractivity contribution in [2.24, 2.45) is 0 Å². The fraction of sp³-hybridized carbons (Fsp3) is 0.375. The topological polar surface area (TPSA) is 50.2 Å². The highest BCUT2D eigenvalue weighted by Crippen LogP contribution is 2.19. The summed E-state index contributed by atoms with van der Waals surface area (Å²) in [4.78, 5) is 14.2. The van der Waals surface area contributed by atoms with Crippen LogP contribution in [-0.2, 0) is 0 Å². The van der Waals surface area contributed by atoms with Crippen LogP contribution in [0.2, 0.25) is 0 Å². The molecule has 22 heavy (non-hydrogen) atoms. The number of halogens is 1.